The Kier molecular flexibility index (Phi) is 5.23. The lowest BCUT2D eigenvalue weighted by atomic mass is 10.0. The van der Waals surface area contributed by atoms with Crippen molar-refractivity contribution in [1.29, 1.82) is 0 Å². The van der Waals surface area contributed by atoms with Gasteiger partial charge in [0, 0.05) is 32.4 Å². The average Bonchev–Trinajstić information content (AvgIpc) is 3.03. The van der Waals surface area contributed by atoms with Crippen molar-refractivity contribution in [2.75, 3.05) is 25.0 Å². The van der Waals surface area contributed by atoms with Gasteiger partial charge in [-0.25, -0.2) is 19.7 Å². The highest BCUT2D eigenvalue weighted by molar-refractivity contribution is 6.29. The van der Waals surface area contributed by atoms with E-state index >= 15 is 0 Å². The third-order valence-electron chi connectivity index (χ3n) is 4.89. The minimum atomic E-state index is -0.478. The number of hydrogen-bond acceptors (Lipinski definition) is 6. The van der Waals surface area contributed by atoms with Crippen LogP contribution in [0.1, 0.15) is 12.8 Å². The van der Waals surface area contributed by atoms with E-state index in [2.05, 4.69) is 19.9 Å². The van der Waals surface area contributed by atoms with Crippen LogP contribution in [0, 0.1) is 0 Å². The molecule has 0 bridgehead atoms. The van der Waals surface area contributed by atoms with Crippen molar-refractivity contribution in [2.24, 2.45) is 0 Å². The average molecular weight is 421 g/mol. The molecule has 0 saturated carbocycles. The minimum Gasteiger partial charge on any atom is -0.356 e. The van der Waals surface area contributed by atoms with Crippen LogP contribution in [-0.4, -0.2) is 56.9 Å². The van der Waals surface area contributed by atoms with Crippen molar-refractivity contribution in [3.8, 4) is 0 Å². The zero-order valence-corrected chi connectivity index (χ0v) is 16.6. The molecule has 1 aliphatic rings. The summed E-state index contributed by atoms with van der Waals surface area (Å²) in [7, 11) is 1.73. The molecule has 2 aromatic heterocycles. The number of carbonyl (C=O) groups excluding carboxylic acids is 1. The van der Waals surface area contributed by atoms with E-state index in [9.17, 15) is 4.79 Å². The molecule has 3 aromatic rings. The summed E-state index contributed by atoms with van der Waals surface area (Å²) in [6.07, 6.45) is 2.73. The van der Waals surface area contributed by atoms with Gasteiger partial charge in [0.25, 0.3) is 0 Å². The zero-order valence-electron chi connectivity index (χ0n) is 15.1. The van der Waals surface area contributed by atoms with Gasteiger partial charge in [-0.05, 0) is 54.2 Å². The van der Waals surface area contributed by atoms with E-state index in [0.717, 1.165) is 31.7 Å². The highest BCUT2D eigenvalue weighted by Crippen LogP contribution is 2.22. The Labute approximate surface area is 171 Å². The maximum absolute atomic E-state index is 12.6. The number of imidazole rings is 1. The number of aromatic nitrogens is 4. The first-order chi connectivity index (χ1) is 13.5. The van der Waals surface area contributed by atoms with Gasteiger partial charge in [0.05, 0.1) is 5.52 Å². The maximum Gasteiger partial charge on any atom is 0.434 e. The number of halogens is 2. The van der Waals surface area contributed by atoms with Crippen LogP contribution >= 0.6 is 23.2 Å². The first kappa shape index (κ1) is 18.8. The lowest BCUT2D eigenvalue weighted by Gasteiger charge is -2.36. The minimum absolute atomic E-state index is 0.0506. The Bertz CT molecular complexity index is 1000. The first-order valence-electron chi connectivity index (χ1n) is 8.84. The van der Waals surface area contributed by atoms with Crippen LogP contribution in [0.15, 0.2) is 36.5 Å². The first-order valence-corrected chi connectivity index (χ1v) is 9.60. The molecule has 0 unspecified atom stereocenters. The summed E-state index contributed by atoms with van der Waals surface area (Å²) in [6.45, 7) is 1.51. The van der Waals surface area contributed by atoms with Gasteiger partial charge in [-0.1, -0.05) is 12.1 Å². The van der Waals surface area contributed by atoms with Gasteiger partial charge in [0.1, 0.15) is 11.3 Å². The molecule has 146 valence electrons. The van der Waals surface area contributed by atoms with Crippen LogP contribution in [-0.2, 0) is 0 Å². The van der Waals surface area contributed by atoms with Crippen LogP contribution in [0.2, 0.25) is 10.6 Å². The summed E-state index contributed by atoms with van der Waals surface area (Å²) in [5.74, 6) is 0.792. The van der Waals surface area contributed by atoms with E-state index in [0.29, 0.717) is 11.0 Å². The summed E-state index contributed by atoms with van der Waals surface area (Å²) in [5.41, 5.74) is 1.31. The van der Waals surface area contributed by atoms with Crippen molar-refractivity contribution in [3.05, 3.63) is 47.1 Å². The molecule has 0 N–H and O–H groups in total. The second-order valence-corrected chi connectivity index (χ2v) is 7.21. The summed E-state index contributed by atoms with van der Waals surface area (Å²) < 4.78 is 1.26. The molecule has 1 aromatic carbocycles. The molecule has 0 radical (unpaired) electrons. The quantitative estimate of drug-likeness (QED) is 0.605. The number of nitrogens with zero attached hydrogens (tertiary/aromatic N) is 6. The van der Waals surface area contributed by atoms with Crippen LogP contribution in [0.4, 0.5) is 10.6 Å². The fourth-order valence-electron chi connectivity index (χ4n) is 3.34. The van der Waals surface area contributed by atoms with Crippen LogP contribution < -0.4 is 9.74 Å². The fraction of sp³-hybridized carbons (Fsp3) is 0.333. The highest BCUT2D eigenvalue weighted by atomic mass is 35.5. The molecule has 1 saturated heterocycles. The Hall–Kier alpha value is -2.58. The SMILES string of the molecule is CN(C(=O)On1c(Cl)nc2ccccc21)C1CCN(c2ccnc(Cl)n2)CC1. The van der Waals surface area contributed by atoms with Gasteiger partial charge >= 0.3 is 6.09 Å². The van der Waals surface area contributed by atoms with E-state index in [-0.39, 0.29) is 16.6 Å². The number of carbonyl (C=O) groups is 1. The number of fused-ring (bicyclic) bond motifs is 1. The highest BCUT2D eigenvalue weighted by Gasteiger charge is 2.28. The van der Waals surface area contributed by atoms with E-state index in [1.807, 2.05) is 24.3 Å². The van der Waals surface area contributed by atoms with E-state index in [1.54, 1.807) is 24.2 Å². The standard InChI is InChI=1S/C18H18Cl2N6O2/c1-24(12-7-10-25(11-8-12)15-6-9-21-16(19)23-15)18(27)28-26-14-5-3-2-4-13(14)22-17(26)20/h2-6,9,12H,7-8,10-11H2,1H3. The van der Waals surface area contributed by atoms with Gasteiger partial charge in [0.15, 0.2) is 0 Å². The molecule has 28 heavy (non-hydrogen) atoms. The largest absolute Gasteiger partial charge is 0.434 e. The molecular formula is C18H18Cl2N6O2. The molecule has 1 amide bonds. The van der Waals surface area contributed by atoms with Gasteiger partial charge in [-0.15, -0.1) is 4.73 Å². The van der Waals surface area contributed by atoms with Crippen molar-refractivity contribution >= 4 is 46.1 Å². The number of piperidine rings is 1. The molecular weight excluding hydrogens is 403 g/mol. The normalized spacial score (nSPS) is 15.0. The lowest BCUT2D eigenvalue weighted by Crippen LogP contribution is -2.47. The number of hydrogen-bond donors (Lipinski definition) is 0. The predicted molar refractivity (Wildman–Crippen MR) is 107 cm³/mol. The van der Waals surface area contributed by atoms with Crippen LogP contribution in [0.3, 0.4) is 0 Å². The van der Waals surface area contributed by atoms with Crippen molar-refractivity contribution < 1.29 is 9.63 Å². The Balaban J connectivity index is 1.40. The van der Waals surface area contributed by atoms with E-state index in [4.69, 9.17) is 28.0 Å². The number of benzene rings is 1. The number of amides is 1. The summed E-state index contributed by atoms with van der Waals surface area (Å²) >= 11 is 12.0. The fourth-order valence-corrected chi connectivity index (χ4v) is 3.70. The van der Waals surface area contributed by atoms with Gasteiger partial charge in [-0.2, -0.15) is 0 Å². The third kappa shape index (κ3) is 3.70. The van der Waals surface area contributed by atoms with Crippen molar-refractivity contribution in [3.63, 3.8) is 0 Å². The number of anilines is 1. The second kappa shape index (κ2) is 7.81. The van der Waals surface area contributed by atoms with Gasteiger partial charge in [-0.3, -0.25) is 0 Å². The monoisotopic (exact) mass is 420 g/mol. The molecule has 0 aliphatic carbocycles. The van der Waals surface area contributed by atoms with Crippen molar-refractivity contribution in [1.82, 2.24) is 24.6 Å². The Morgan fingerprint density at radius 1 is 1.18 bits per heavy atom. The maximum atomic E-state index is 12.6. The summed E-state index contributed by atoms with van der Waals surface area (Å²) in [4.78, 5) is 34.2. The van der Waals surface area contributed by atoms with Gasteiger partial charge < -0.3 is 14.6 Å². The smallest absolute Gasteiger partial charge is 0.356 e. The summed E-state index contributed by atoms with van der Waals surface area (Å²) in [5, 5.41) is 0.336. The molecule has 8 nitrogen and oxygen atoms in total. The number of para-hydroxylation sites is 2. The van der Waals surface area contributed by atoms with Crippen LogP contribution in [0.5, 0.6) is 0 Å². The zero-order chi connectivity index (χ0) is 19.7. The third-order valence-corrected chi connectivity index (χ3v) is 5.31. The molecule has 0 spiro atoms. The predicted octanol–water partition coefficient (Wildman–Crippen LogP) is 3.28. The Morgan fingerprint density at radius 3 is 2.68 bits per heavy atom. The molecule has 10 heteroatoms. The van der Waals surface area contributed by atoms with Crippen LogP contribution in [0.25, 0.3) is 11.0 Å². The molecule has 3 heterocycles. The second-order valence-electron chi connectivity index (χ2n) is 6.53. The van der Waals surface area contributed by atoms with E-state index < -0.39 is 6.09 Å². The molecule has 0 atom stereocenters. The lowest BCUT2D eigenvalue weighted by molar-refractivity contribution is 0.0866. The van der Waals surface area contributed by atoms with Gasteiger partial charge in [0.2, 0.25) is 10.6 Å². The number of rotatable bonds is 3. The topological polar surface area (TPSA) is 76.4 Å². The molecule has 1 aliphatic heterocycles. The molecule has 1 fully saturated rings. The molecule has 4 rings (SSSR count). The Morgan fingerprint density at radius 2 is 1.93 bits per heavy atom. The summed E-state index contributed by atoms with van der Waals surface area (Å²) in [6, 6.07) is 9.18. The van der Waals surface area contributed by atoms with E-state index in [1.165, 1.54) is 4.73 Å². The van der Waals surface area contributed by atoms with Crippen molar-refractivity contribution in [2.45, 2.75) is 18.9 Å².